The lowest BCUT2D eigenvalue weighted by atomic mass is 10.1. The Morgan fingerprint density at radius 3 is 2.75 bits per heavy atom. The Labute approximate surface area is 103 Å². The Balaban J connectivity index is 1.99. The highest BCUT2D eigenvalue weighted by atomic mass is 32.2. The van der Waals surface area contributed by atoms with E-state index in [2.05, 4.69) is 0 Å². The van der Waals surface area contributed by atoms with E-state index < -0.39 is 12.0 Å². The molecule has 2 aliphatic heterocycles. The molecule has 2 saturated heterocycles. The molecule has 6 heteroatoms. The van der Waals surface area contributed by atoms with Gasteiger partial charge in [0.15, 0.2) is 0 Å². The van der Waals surface area contributed by atoms with E-state index in [-0.39, 0.29) is 11.2 Å². The predicted octanol–water partition coefficient (Wildman–Crippen LogP) is 1.26. The molecule has 0 aliphatic carbocycles. The van der Waals surface area contributed by atoms with Gasteiger partial charge < -0.3 is 10.0 Å². The molecule has 0 aromatic carbocycles. The van der Waals surface area contributed by atoms with Crippen LogP contribution in [0.4, 0.5) is 0 Å². The Hall–Kier alpha value is -0.360. The molecular formula is C10H15NO3S2. The summed E-state index contributed by atoms with van der Waals surface area (Å²) >= 11 is 3.20. The highest BCUT2D eigenvalue weighted by molar-refractivity contribution is 8.00. The maximum Gasteiger partial charge on any atom is 0.327 e. The van der Waals surface area contributed by atoms with Gasteiger partial charge in [-0.2, -0.15) is 0 Å². The van der Waals surface area contributed by atoms with Gasteiger partial charge in [0, 0.05) is 5.75 Å². The minimum Gasteiger partial charge on any atom is -0.480 e. The van der Waals surface area contributed by atoms with Gasteiger partial charge in [-0.15, -0.1) is 23.5 Å². The first-order chi connectivity index (χ1) is 7.70. The molecule has 2 rings (SSSR count). The van der Waals surface area contributed by atoms with Crippen LogP contribution < -0.4 is 0 Å². The molecule has 90 valence electrons. The molecule has 0 radical (unpaired) electrons. The van der Waals surface area contributed by atoms with Crippen LogP contribution in [-0.4, -0.2) is 50.6 Å². The number of thioether (sulfide) groups is 2. The van der Waals surface area contributed by atoms with Crippen LogP contribution in [0.15, 0.2) is 0 Å². The summed E-state index contributed by atoms with van der Waals surface area (Å²) in [5.74, 6) is 1.24. The largest absolute Gasteiger partial charge is 0.480 e. The Morgan fingerprint density at radius 1 is 1.31 bits per heavy atom. The number of carboxylic acid groups (broad SMARTS) is 1. The predicted molar refractivity (Wildman–Crippen MR) is 65.7 cm³/mol. The van der Waals surface area contributed by atoms with Crippen LogP contribution in [0.25, 0.3) is 0 Å². The van der Waals surface area contributed by atoms with Gasteiger partial charge in [-0.25, -0.2) is 4.79 Å². The van der Waals surface area contributed by atoms with Crippen molar-refractivity contribution in [1.82, 2.24) is 4.90 Å². The lowest BCUT2D eigenvalue weighted by Gasteiger charge is -2.27. The smallest absolute Gasteiger partial charge is 0.327 e. The molecule has 0 aromatic rings. The summed E-state index contributed by atoms with van der Waals surface area (Å²) in [7, 11) is 0. The second kappa shape index (κ2) is 5.31. The molecule has 2 fully saturated rings. The van der Waals surface area contributed by atoms with Crippen LogP contribution >= 0.6 is 23.5 Å². The second-order valence-electron chi connectivity index (χ2n) is 4.02. The lowest BCUT2D eigenvalue weighted by molar-refractivity contribution is -0.147. The lowest BCUT2D eigenvalue weighted by Crippen LogP contribution is -2.46. The monoisotopic (exact) mass is 261 g/mol. The molecule has 2 heterocycles. The highest BCUT2D eigenvalue weighted by Crippen LogP contribution is 2.30. The van der Waals surface area contributed by atoms with Gasteiger partial charge in [0.1, 0.15) is 6.04 Å². The maximum absolute atomic E-state index is 12.1. The summed E-state index contributed by atoms with van der Waals surface area (Å²) in [5.41, 5.74) is 0. The zero-order valence-electron chi connectivity index (χ0n) is 8.92. The molecule has 16 heavy (non-hydrogen) atoms. The summed E-state index contributed by atoms with van der Waals surface area (Å²) < 4.78 is 0. The van der Waals surface area contributed by atoms with E-state index in [9.17, 15) is 9.59 Å². The third-order valence-corrected chi connectivity index (χ3v) is 5.28. The van der Waals surface area contributed by atoms with Crippen molar-refractivity contribution in [1.29, 1.82) is 0 Å². The number of hydrogen-bond acceptors (Lipinski definition) is 4. The maximum atomic E-state index is 12.1. The van der Waals surface area contributed by atoms with Gasteiger partial charge in [0.05, 0.1) is 11.1 Å². The zero-order valence-corrected chi connectivity index (χ0v) is 10.6. The molecule has 0 aromatic heterocycles. The topological polar surface area (TPSA) is 57.6 Å². The third kappa shape index (κ3) is 2.48. The van der Waals surface area contributed by atoms with E-state index in [1.807, 2.05) is 0 Å². The Bertz CT molecular complexity index is 292. The van der Waals surface area contributed by atoms with E-state index in [1.54, 1.807) is 11.8 Å². The second-order valence-corrected chi connectivity index (χ2v) is 6.33. The average molecular weight is 261 g/mol. The molecule has 0 spiro atoms. The summed E-state index contributed by atoms with van der Waals surface area (Å²) in [6.07, 6.45) is 3.16. The van der Waals surface area contributed by atoms with Crippen molar-refractivity contribution >= 4 is 35.4 Å². The van der Waals surface area contributed by atoms with Gasteiger partial charge >= 0.3 is 5.97 Å². The normalized spacial score (nSPS) is 30.4. The van der Waals surface area contributed by atoms with Gasteiger partial charge in [0.2, 0.25) is 5.91 Å². The molecular weight excluding hydrogens is 246 g/mol. The van der Waals surface area contributed by atoms with Crippen molar-refractivity contribution in [3.63, 3.8) is 0 Å². The summed E-state index contributed by atoms with van der Waals surface area (Å²) in [4.78, 5) is 24.7. The Morgan fingerprint density at radius 2 is 2.12 bits per heavy atom. The Kier molecular flexibility index (Phi) is 4.02. The summed E-state index contributed by atoms with van der Waals surface area (Å²) in [5, 5.41) is 9.01. The highest BCUT2D eigenvalue weighted by Gasteiger charge is 2.37. The van der Waals surface area contributed by atoms with Gasteiger partial charge in [-0.05, 0) is 18.6 Å². The molecule has 2 aliphatic rings. The van der Waals surface area contributed by atoms with E-state index in [0.717, 1.165) is 18.6 Å². The van der Waals surface area contributed by atoms with Crippen LogP contribution in [0.1, 0.15) is 19.3 Å². The fraction of sp³-hybridized carbons (Fsp3) is 0.800. The van der Waals surface area contributed by atoms with Crippen LogP contribution in [-0.2, 0) is 9.59 Å². The number of hydrogen-bond donors (Lipinski definition) is 1. The van der Waals surface area contributed by atoms with Crippen molar-refractivity contribution in [2.45, 2.75) is 30.6 Å². The standard InChI is InChI=1S/C10H15NO3S2/c12-9(8-3-1-2-4-16-8)11-6-15-5-7(11)10(13)14/h7-8H,1-6H2,(H,13,14)/t7-,8?/m0/s1. The molecule has 1 amide bonds. The fourth-order valence-electron chi connectivity index (χ4n) is 1.98. The minimum absolute atomic E-state index is 0.00528. The van der Waals surface area contributed by atoms with E-state index in [1.165, 1.54) is 23.1 Å². The number of amides is 1. The van der Waals surface area contributed by atoms with Crippen molar-refractivity contribution in [2.24, 2.45) is 0 Å². The van der Waals surface area contributed by atoms with Crippen molar-refractivity contribution in [2.75, 3.05) is 17.4 Å². The summed E-state index contributed by atoms with van der Waals surface area (Å²) in [6.45, 7) is 0. The third-order valence-electron chi connectivity index (χ3n) is 2.91. The number of carboxylic acids is 1. The molecule has 0 bridgehead atoms. The average Bonchev–Trinajstić information content (AvgIpc) is 2.78. The molecule has 2 atom stereocenters. The SMILES string of the molecule is O=C(O)[C@@H]1CSCN1C(=O)C1CCCCS1. The number of nitrogens with zero attached hydrogens (tertiary/aromatic N) is 1. The van der Waals surface area contributed by atoms with Crippen LogP contribution in [0.5, 0.6) is 0 Å². The number of aliphatic carboxylic acids is 1. The number of carbonyl (C=O) groups is 2. The van der Waals surface area contributed by atoms with E-state index in [0.29, 0.717) is 11.6 Å². The van der Waals surface area contributed by atoms with Crippen LogP contribution in [0, 0.1) is 0 Å². The van der Waals surface area contributed by atoms with Crippen LogP contribution in [0.2, 0.25) is 0 Å². The zero-order chi connectivity index (χ0) is 11.5. The van der Waals surface area contributed by atoms with Gasteiger partial charge in [-0.1, -0.05) is 6.42 Å². The van der Waals surface area contributed by atoms with E-state index in [4.69, 9.17) is 5.11 Å². The molecule has 1 unspecified atom stereocenters. The fourth-order valence-corrected chi connectivity index (χ4v) is 4.41. The quantitative estimate of drug-likeness (QED) is 0.811. The van der Waals surface area contributed by atoms with Crippen LogP contribution in [0.3, 0.4) is 0 Å². The first kappa shape index (κ1) is 12.1. The first-order valence-electron chi connectivity index (χ1n) is 5.43. The molecule has 4 nitrogen and oxygen atoms in total. The molecule has 1 N–H and O–H groups in total. The number of rotatable bonds is 2. The van der Waals surface area contributed by atoms with Gasteiger partial charge in [0.25, 0.3) is 0 Å². The van der Waals surface area contributed by atoms with Crippen molar-refractivity contribution < 1.29 is 14.7 Å². The van der Waals surface area contributed by atoms with Gasteiger partial charge in [-0.3, -0.25) is 4.79 Å². The summed E-state index contributed by atoms with van der Waals surface area (Å²) in [6, 6.07) is -0.611. The molecule has 0 saturated carbocycles. The first-order valence-corrected chi connectivity index (χ1v) is 7.63. The van der Waals surface area contributed by atoms with Crippen molar-refractivity contribution in [3.05, 3.63) is 0 Å². The minimum atomic E-state index is -0.876. The van der Waals surface area contributed by atoms with Crippen molar-refractivity contribution in [3.8, 4) is 0 Å². The number of carbonyl (C=O) groups excluding carboxylic acids is 1. The van der Waals surface area contributed by atoms with E-state index >= 15 is 0 Å².